The van der Waals surface area contributed by atoms with Gasteiger partial charge in [-0.15, -0.1) is 11.8 Å². The van der Waals surface area contributed by atoms with Gasteiger partial charge in [0, 0.05) is 17.2 Å². The molecule has 0 bridgehead atoms. The molecule has 2 fully saturated rings. The number of fused-ring (bicyclic) bond motifs is 2. The van der Waals surface area contributed by atoms with Crippen molar-refractivity contribution in [2.45, 2.75) is 54.5 Å². The third kappa shape index (κ3) is 3.83. The van der Waals surface area contributed by atoms with Gasteiger partial charge in [0.1, 0.15) is 5.78 Å². The molecular formula is C21H28O4SSi. The number of ether oxygens (including phenoxy) is 2. The molecule has 4 atom stereocenters. The molecular weight excluding hydrogens is 376 g/mol. The molecule has 0 aromatic heterocycles. The Morgan fingerprint density at radius 2 is 1.85 bits per heavy atom. The summed E-state index contributed by atoms with van der Waals surface area (Å²) in [5, 5.41) is -0.0322. The molecule has 6 heteroatoms. The highest BCUT2D eigenvalue weighted by molar-refractivity contribution is 8.00. The summed E-state index contributed by atoms with van der Waals surface area (Å²) < 4.78 is 19.0. The molecule has 1 heterocycles. The normalized spacial score (nSPS) is 32.6. The van der Waals surface area contributed by atoms with Crippen LogP contribution in [0.25, 0.3) is 0 Å². The van der Waals surface area contributed by atoms with Crippen molar-refractivity contribution in [3.63, 3.8) is 0 Å². The van der Waals surface area contributed by atoms with Gasteiger partial charge in [0.2, 0.25) is 0 Å². The zero-order valence-corrected chi connectivity index (χ0v) is 18.0. The number of rotatable bonds is 4. The molecule has 1 aliphatic heterocycles. The SMILES string of the molecule is C[Si](C)(C)O[C@@H]1C=CC[C@@H]2[C@H]1C(=O)C[C@@H](Sc1ccccc1)C21OCCO1. The van der Waals surface area contributed by atoms with Gasteiger partial charge in [-0.2, -0.15) is 0 Å². The maximum absolute atomic E-state index is 13.2. The number of thioether (sulfide) groups is 1. The van der Waals surface area contributed by atoms with E-state index >= 15 is 0 Å². The first-order chi connectivity index (χ1) is 12.9. The van der Waals surface area contributed by atoms with E-state index in [-0.39, 0.29) is 29.0 Å². The Morgan fingerprint density at radius 1 is 1.15 bits per heavy atom. The number of benzene rings is 1. The molecule has 1 aromatic rings. The van der Waals surface area contributed by atoms with Crippen molar-refractivity contribution in [2.75, 3.05) is 13.2 Å². The summed E-state index contributed by atoms with van der Waals surface area (Å²) in [5.74, 6) is -0.586. The number of hydrogen-bond acceptors (Lipinski definition) is 5. The monoisotopic (exact) mass is 404 g/mol. The van der Waals surface area contributed by atoms with E-state index in [1.807, 2.05) is 18.2 Å². The lowest BCUT2D eigenvalue weighted by Crippen LogP contribution is -2.61. The minimum atomic E-state index is -1.77. The molecule has 1 saturated heterocycles. The summed E-state index contributed by atoms with van der Waals surface area (Å²) in [4.78, 5) is 14.4. The van der Waals surface area contributed by atoms with Gasteiger partial charge in [0.25, 0.3) is 0 Å². The molecule has 146 valence electrons. The second-order valence-corrected chi connectivity index (χ2v) is 14.2. The van der Waals surface area contributed by atoms with Crippen LogP contribution >= 0.6 is 11.8 Å². The second-order valence-electron chi connectivity index (χ2n) is 8.50. The predicted molar refractivity (Wildman–Crippen MR) is 109 cm³/mol. The summed E-state index contributed by atoms with van der Waals surface area (Å²) >= 11 is 1.71. The molecule has 27 heavy (non-hydrogen) atoms. The average Bonchev–Trinajstić information content (AvgIpc) is 3.10. The molecule has 4 rings (SSSR count). The summed E-state index contributed by atoms with van der Waals surface area (Å²) in [7, 11) is -1.77. The number of ketones is 1. The molecule has 0 amide bonds. The highest BCUT2D eigenvalue weighted by atomic mass is 32.2. The van der Waals surface area contributed by atoms with Crippen LogP contribution in [0.2, 0.25) is 19.6 Å². The van der Waals surface area contributed by atoms with Gasteiger partial charge >= 0.3 is 0 Å². The van der Waals surface area contributed by atoms with Crippen molar-refractivity contribution in [1.82, 2.24) is 0 Å². The van der Waals surface area contributed by atoms with Crippen molar-refractivity contribution in [2.24, 2.45) is 11.8 Å². The van der Waals surface area contributed by atoms with Crippen molar-refractivity contribution in [1.29, 1.82) is 0 Å². The second kappa shape index (κ2) is 7.48. The van der Waals surface area contributed by atoms with Gasteiger partial charge in [0.15, 0.2) is 14.1 Å². The molecule has 1 spiro atoms. The Balaban J connectivity index is 1.65. The van der Waals surface area contributed by atoms with Crippen molar-refractivity contribution in [3.8, 4) is 0 Å². The van der Waals surface area contributed by atoms with E-state index in [0.717, 1.165) is 11.3 Å². The lowest BCUT2D eigenvalue weighted by atomic mass is 9.67. The average molecular weight is 405 g/mol. The largest absolute Gasteiger partial charge is 0.411 e. The Morgan fingerprint density at radius 3 is 2.52 bits per heavy atom. The third-order valence-corrected chi connectivity index (χ3v) is 7.78. The van der Waals surface area contributed by atoms with E-state index in [1.165, 1.54) is 0 Å². The fraction of sp³-hybridized carbons (Fsp3) is 0.571. The quantitative estimate of drug-likeness (QED) is 0.554. The number of carbonyl (C=O) groups is 1. The molecule has 4 nitrogen and oxygen atoms in total. The first kappa shape index (κ1) is 19.4. The number of carbonyl (C=O) groups excluding carboxylic acids is 1. The predicted octanol–water partition coefficient (Wildman–Crippen LogP) is 4.28. The molecule has 1 saturated carbocycles. The van der Waals surface area contributed by atoms with E-state index in [4.69, 9.17) is 13.9 Å². The lowest BCUT2D eigenvalue weighted by Gasteiger charge is -2.51. The van der Waals surface area contributed by atoms with Crippen LogP contribution in [-0.4, -0.2) is 44.5 Å². The van der Waals surface area contributed by atoms with Crippen LogP contribution in [0.5, 0.6) is 0 Å². The fourth-order valence-corrected chi connectivity index (χ4v) is 6.94. The van der Waals surface area contributed by atoms with Gasteiger partial charge in [-0.05, 0) is 38.2 Å². The van der Waals surface area contributed by atoms with Crippen LogP contribution in [0.3, 0.4) is 0 Å². The summed E-state index contributed by atoms with van der Waals surface area (Å²) in [6.45, 7) is 7.69. The summed E-state index contributed by atoms with van der Waals surface area (Å²) in [6, 6.07) is 10.2. The molecule has 0 N–H and O–H groups in total. The lowest BCUT2D eigenvalue weighted by molar-refractivity contribution is -0.224. The van der Waals surface area contributed by atoms with Gasteiger partial charge in [0.05, 0.1) is 30.5 Å². The number of hydrogen-bond donors (Lipinski definition) is 0. The van der Waals surface area contributed by atoms with Crippen LogP contribution in [-0.2, 0) is 18.7 Å². The van der Waals surface area contributed by atoms with Gasteiger partial charge < -0.3 is 13.9 Å². The molecule has 0 radical (unpaired) electrons. The Labute approximate surface area is 166 Å². The highest BCUT2D eigenvalue weighted by Crippen LogP contribution is 2.52. The minimum Gasteiger partial charge on any atom is -0.411 e. The van der Waals surface area contributed by atoms with Crippen LogP contribution in [0.1, 0.15) is 12.8 Å². The van der Waals surface area contributed by atoms with Crippen molar-refractivity contribution in [3.05, 3.63) is 42.5 Å². The van der Waals surface area contributed by atoms with Crippen LogP contribution in [0.4, 0.5) is 0 Å². The van der Waals surface area contributed by atoms with Crippen molar-refractivity contribution >= 4 is 25.9 Å². The topological polar surface area (TPSA) is 44.8 Å². The van der Waals surface area contributed by atoms with Gasteiger partial charge in [-0.1, -0.05) is 30.4 Å². The summed E-state index contributed by atoms with van der Waals surface area (Å²) in [5.41, 5.74) is 0. The smallest absolute Gasteiger partial charge is 0.185 e. The number of allylic oxidation sites excluding steroid dienone is 1. The molecule has 3 aliphatic rings. The third-order valence-electron chi connectivity index (χ3n) is 5.48. The zero-order chi connectivity index (χ0) is 19.1. The maximum atomic E-state index is 13.2. The Kier molecular flexibility index (Phi) is 5.38. The van der Waals surface area contributed by atoms with E-state index < -0.39 is 14.1 Å². The fourth-order valence-electron chi connectivity index (χ4n) is 4.53. The summed E-state index contributed by atoms with van der Waals surface area (Å²) in [6.07, 6.45) is 5.34. The Hall–Kier alpha value is -0.923. The number of Topliss-reactive ketones (excluding diaryl/α,β-unsaturated/α-hetero) is 1. The van der Waals surface area contributed by atoms with E-state index in [2.05, 4.69) is 43.9 Å². The molecule has 0 unspecified atom stereocenters. The zero-order valence-electron chi connectivity index (χ0n) is 16.2. The minimum absolute atomic E-state index is 0.00816. The highest BCUT2D eigenvalue weighted by Gasteiger charge is 2.61. The molecule has 2 aliphatic carbocycles. The van der Waals surface area contributed by atoms with Crippen molar-refractivity contribution < 1.29 is 18.7 Å². The van der Waals surface area contributed by atoms with E-state index in [0.29, 0.717) is 19.6 Å². The van der Waals surface area contributed by atoms with Crippen LogP contribution in [0.15, 0.2) is 47.4 Å². The molecule has 1 aromatic carbocycles. The van der Waals surface area contributed by atoms with E-state index in [9.17, 15) is 4.79 Å². The maximum Gasteiger partial charge on any atom is 0.185 e. The standard InChI is InChI=1S/C21H28O4SSi/c1-27(2,3)25-18-11-7-10-16-20(18)17(22)14-19(21(16)23-12-13-24-21)26-15-8-5-4-6-9-15/h4-9,11,16,18-20H,10,12-14H2,1-3H3/t16-,18-,19-,20+/m1/s1. The first-order valence-corrected chi connectivity index (χ1v) is 14.0. The Bertz CT molecular complexity index is 709. The van der Waals surface area contributed by atoms with Gasteiger partial charge in [-0.3, -0.25) is 4.79 Å². The first-order valence-electron chi connectivity index (χ1n) is 9.76. The van der Waals surface area contributed by atoms with Crippen LogP contribution < -0.4 is 0 Å². The van der Waals surface area contributed by atoms with E-state index in [1.54, 1.807) is 11.8 Å². The van der Waals surface area contributed by atoms with Gasteiger partial charge in [-0.25, -0.2) is 0 Å². The van der Waals surface area contributed by atoms with Crippen LogP contribution in [0, 0.1) is 11.8 Å².